The summed E-state index contributed by atoms with van der Waals surface area (Å²) in [7, 11) is -3.03. The zero-order valence-corrected chi connectivity index (χ0v) is 15.7. The summed E-state index contributed by atoms with van der Waals surface area (Å²) in [6.45, 7) is 6.04. The molecule has 2 aliphatic rings. The maximum absolute atomic E-state index is 12.0. The fraction of sp³-hybridized carbons (Fsp3) is 0.529. The van der Waals surface area contributed by atoms with Crippen LogP contribution in [0.4, 0.5) is 5.69 Å². The van der Waals surface area contributed by atoms with Crippen molar-refractivity contribution >= 4 is 38.4 Å². The third-order valence-corrected chi connectivity index (χ3v) is 7.64. The van der Waals surface area contributed by atoms with E-state index in [2.05, 4.69) is 31.0 Å². The van der Waals surface area contributed by atoms with Gasteiger partial charge in [-0.3, -0.25) is 4.79 Å². The normalized spacial score (nSPS) is 27.0. The van der Waals surface area contributed by atoms with Gasteiger partial charge in [-0.15, -0.1) is 0 Å². The van der Waals surface area contributed by atoms with Crippen molar-refractivity contribution in [2.75, 3.05) is 16.4 Å². The van der Waals surface area contributed by atoms with Gasteiger partial charge in [-0.2, -0.15) is 4.99 Å². The Kier molecular flexibility index (Phi) is 4.75. The van der Waals surface area contributed by atoms with E-state index in [9.17, 15) is 13.2 Å². The van der Waals surface area contributed by atoms with Crippen molar-refractivity contribution in [2.45, 2.75) is 44.4 Å². The predicted molar refractivity (Wildman–Crippen MR) is 99.6 cm³/mol. The molecule has 24 heavy (non-hydrogen) atoms. The average Bonchev–Trinajstić information content (AvgIpc) is 2.98. The number of hydrogen-bond acceptors (Lipinski definition) is 4. The minimum Gasteiger partial charge on any atom is -0.316 e. The van der Waals surface area contributed by atoms with Gasteiger partial charge in [0.2, 0.25) is 5.91 Å². The van der Waals surface area contributed by atoms with E-state index < -0.39 is 9.84 Å². The number of amidine groups is 1. The summed E-state index contributed by atoms with van der Waals surface area (Å²) in [4.78, 5) is 17.9. The Hall–Kier alpha value is -1.34. The van der Waals surface area contributed by atoms with Crippen LogP contribution in [0.25, 0.3) is 0 Å². The second-order valence-corrected chi connectivity index (χ2v) is 9.92. The van der Waals surface area contributed by atoms with Crippen LogP contribution in [0, 0.1) is 0 Å². The number of fused-ring (bicyclic) bond motifs is 1. The fourth-order valence-corrected chi connectivity index (χ4v) is 7.00. The van der Waals surface area contributed by atoms with Gasteiger partial charge in [0, 0.05) is 17.4 Å². The van der Waals surface area contributed by atoms with E-state index in [-0.39, 0.29) is 28.7 Å². The van der Waals surface area contributed by atoms with E-state index in [0.29, 0.717) is 17.5 Å². The molecule has 0 bridgehead atoms. The lowest BCUT2D eigenvalue weighted by Gasteiger charge is -2.25. The number of benzene rings is 1. The van der Waals surface area contributed by atoms with Gasteiger partial charge in [0.15, 0.2) is 15.0 Å². The minimum absolute atomic E-state index is 0.0526. The van der Waals surface area contributed by atoms with E-state index >= 15 is 0 Å². The average molecular weight is 367 g/mol. The summed E-state index contributed by atoms with van der Waals surface area (Å²) in [6, 6.07) is 7.96. The molecule has 5 nitrogen and oxygen atoms in total. The largest absolute Gasteiger partial charge is 0.316 e. The number of carbonyl (C=O) groups is 1. The van der Waals surface area contributed by atoms with Crippen LogP contribution in [-0.2, 0) is 14.6 Å². The molecule has 1 amide bonds. The van der Waals surface area contributed by atoms with Crippen LogP contribution < -0.4 is 4.90 Å². The molecule has 0 saturated carbocycles. The molecule has 130 valence electrons. The summed E-state index contributed by atoms with van der Waals surface area (Å²) < 4.78 is 24.0. The third-order valence-electron chi connectivity index (χ3n) is 4.43. The number of hydrogen-bond donors (Lipinski definition) is 0. The van der Waals surface area contributed by atoms with E-state index in [1.807, 2.05) is 17.0 Å². The van der Waals surface area contributed by atoms with Crippen molar-refractivity contribution < 1.29 is 13.2 Å². The Bertz CT molecular complexity index is 770. The van der Waals surface area contributed by atoms with Crippen molar-refractivity contribution in [1.82, 2.24) is 0 Å². The number of thioether (sulfide) groups is 1. The Balaban J connectivity index is 1.98. The fourth-order valence-electron chi connectivity index (χ4n) is 3.07. The molecule has 0 radical (unpaired) electrons. The summed E-state index contributed by atoms with van der Waals surface area (Å²) in [5, 5.41) is 0.576. The molecule has 0 spiro atoms. The monoisotopic (exact) mass is 366 g/mol. The van der Waals surface area contributed by atoms with Crippen molar-refractivity contribution in [2.24, 2.45) is 4.99 Å². The minimum atomic E-state index is -3.03. The number of sulfone groups is 1. The number of amides is 1. The van der Waals surface area contributed by atoms with Crippen molar-refractivity contribution in [3.63, 3.8) is 0 Å². The van der Waals surface area contributed by atoms with Crippen LogP contribution in [0.1, 0.15) is 38.7 Å². The van der Waals surface area contributed by atoms with Gasteiger partial charge < -0.3 is 4.90 Å². The van der Waals surface area contributed by atoms with Gasteiger partial charge >= 0.3 is 0 Å². The molecule has 1 aromatic rings. The molecule has 7 heteroatoms. The first-order valence-electron chi connectivity index (χ1n) is 8.18. The van der Waals surface area contributed by atoms with Gasteiger partial charge in [0.25, 0.3) is 0 Å². The maximum atomic E-state index is 12.0. The van der Waals surface area contributed by atoms with E-state index in [1.165, 1.54) is 17.3 Å². The molecule has 2 heterocycles. The molecule has 1 aromatic carbocycles. The lowest BCUT2D eigenvalue weighted by molar-refractivity contribution is -0.117. The number of rotatable bonds is 3. The van der Waals surface area contributed by atoms with Crippen LogP contribution in [0.2, 0.25) is 0 Å². The van der Waals surface area contributed by atoms with Crippen LogP contribution >= 0.6 is 11.8 Å². The molecule has 2 fully saturated rings. The molecule has 2 aliphatic heterocycles. The third kappa shape index (κ3) is 3.37. The van der Waals surface area contributed by atoms with E-state index in [4.69, 9.17) is 0 Å². The van der Waals surface area contributed by atoms with Gasteiger partial charge in [0.05, 0.1) is 17.5 Å². The lowest BCUT2D eigenvalue weighted by Crippen LogP contribution is -2.37. The highest BCUT2D eigenvalue weighted by Crippen LogP contribution is 2.41. The first kappa shape index (κ1) is 17.5. The smallest absolute Gasteiger partial charge is 0.247 e. The van der Waals surface area contributed by atoms with Gasteiger partial charge in [-0.05, 0) is 23.6 Å². The van der Waals surface area contributed by atoms with Crippen LogP contribution in [0.5, 0.6) is 0 Å². The van der Waals surface area contributed by atoms with Crippen LogP contribution in [-0.4, -0.2) is 42.3 Å². The van der Waals surface area contributed by atoms with E-state index in [1.54, 1.807) is 6.92 Å². The second kappa shape index (κ2) is 6.52. The maximum Gasteiger partial charge on any atom is 0.247 e. The van der Waals surface area contributed by atoms with Gasteiger partial charge in [-0.25, -0.2) is 8.42 Å². The zero-order chi connectivity index (χ0) is 17.5. The van der Waals surface area contributed by atoms with E-state index in [0.717, 1.165) is 5.69 Å². The molecule has 0 aromatic heterocycles. The molecule has 0 aliphatic carbocycles. The molecule has 3 rings (SSSR count). The Morgan fingerprint density at radius 3 is 2.54 bits per heavy atom. The summed E-state index contributed by atoms with van der Waals surface area (Å²) in [5.74, 6) is 0.531. The summed E-state index contributed by atoms with van der Waals surface area (Å²) in [5.41, 5.74) is 2.13. The molecule has 0 N–H and O–H groups in total. The molecule has 2 atom stereocenters. The number of nitrogens with zero attached hydrogens (tertiary/aromatic N) is 2. The topological polar surface area (TPSA) is 66.8 Å². The van der Waals surface area contributed by atoms with Crippen molar-refractivity contribution in [1.29, 1.82) is 0 Å². The van der Waals surface area contributed by atoms with Crippen molar-refractivity contribution in [3.8, 4) is 0 Å². The van der Waals surface area contributed by atoms with Crippen LogP contribution in [0.3, 0.4) is 0 Å². The molecular weight excluding hydrogens is 344 g/mol. The standard InChI is InChI=1S/C17H22N2O3S2/c1-4-16(20)18-17-19(13-7-5-12(6-8-13)11(2)3)14-9-24(21,22)10-15(14)23-17/h5-8,11,14-15H,4,9-10H2,1-3H3/t14-,15+/m0/s1. The van der Waals surface area contributed by atoms with Gasteiger partial charge in [0.1, 0.15) is 0 Å². The molecule has 2 saturated heterocycles. The number of aliphatic imine (C=N–C) groups is 1. The van der Waals surface area contributed by atoms with Crippen molar-refractivity contribution in [3.05, 3.63) is 29.8 Å². The lowest BCUT2D eigenvalue weighted by atomic mass is 10.0. The second-order valence-electron chi connectivity index (χ2n) is 6.56. The quantitative estimate of drug-likeness (QED) is 0.823. The number of carbonyl (C=O) groups excluding carboxylic acids is 1. The first-order chi connectivity index (χ1) is 11.3. The van der Waals surface area contributed by atoms with Gasteiger partial charge in [-0.1, -0.05) is 44.7 Å². The highest BCUT2D eigenvalue weighted by Gasteiger charge is 2.49. The molecule has 0 unspecified atom stereocenters. The Morgan fingerprint density at radius 1 is 1.29 bits per heavy atom. The first-order valence-corrected chi connectivity index (χ1v) is 10.9. The number of anilines is 1. The summed E-state index contributed by atoms with van der Waals surface area (Å²) >= 11 is 1.42. The Morgan fingerprint density at radius 2 is 1.96 bits per heavy atom. The predicted octanol–water partition coefficient (Wildman–Crippen LogP) is 2.82. The molecular formula is C17H22N2O3S2. The highest BCUT2D eigenvalue weighted by molar-refractivity contribution is 8.16. The SMILES string of the molecule is CCC(=O)N=C1S[C@@H]2CS(=O)(=O)C[C@@H]2N1c1ccc(C(C)C)cc1. The van der Waals surface area contributed by atoms with Crippen LogP contribution in [0.15, 0.2) is 29.3 Å². The highest BCUT2D eigenvalue weighted by atomic mass is 32.2. The Labute approximate surface area is 147 Å². The zero-order valence-electron chi connectivity index (χ0n) is 14.1. The summed E-state index contributed by atoms with van der Waals surface area (Å²) in [6.07, 6.45) is 0.345.